The van der Waals surface area contributed by atoms with Gasteiger partial charge in [0.25, 0.3) is 0 Å². The number of carbonyl (C=O) groups excluding carboxylic acids is 1. The molecular formula is C15H32N2O2. The van der Waals surface area contributed by atoms with Gasteiger partial charge in [-0.3, -0.25) is 4.79 Å². The third-order valence-electron chi connectivity index (χ3n) is 3.16. The molecule has 1 N–H and O–H groups in total. The van der Waals surface area contributed by atoms with Gasteiger partial charge in [0.05, 0.1) is 6.61 Å². The van der Waals surface area contributed by atoms with E-state index in [0.29, 0.717) is 12.5 Å². The zero-order valence-corrected chi connectivity index (χ0v) is 13.6. The highest BCUT2D eigenvalue weighted by molar-refractivity contribution is 5.80. The zero-order chi connectivity index (χ0) is 14.9. The van der Waals surface area contributed by atoms with Gasteiger partial charge in [0.1, 0.15) is 5.54 Å². The van der Waals surface area contributed by atoms with Crippen molar-refractivity contribution in [2.24, 2.45) is 5.92 Å². The Morgan fingerprint density at radius 2 is 2.00 bits per heavy atom. The van der Waals surface area contributed by atoms with Gasteiger partial charge in [-0.15, -0.1) is 0 Å². The zero-order valence-electron chi connectivity index (χ0n) is 13.6. The maximum absolute atomic E-state index is 12.1. The third kappa shape index (κ3) is 7.53. The van der Waals surface area contributed by atoms with Gasteiger partial charge in [0.15, 0.2) is 0 Å². The maximum atomic E-state index is 12.1. The highest BCUT2D eigenvalue weighted by Crippen LogP contribution is 2.14. The molecule has 0 radical (unpaired) electrons. The van der Waals surface area contributed by atoms with Crippen LogP contribution in [0.1, 0.15) is 47.5 Å². The quantitative estimate of drug-likeness (QED) is 0.620. The molecule has 0 aromatic rings. The largest absolute Gasteiger partial charge is 0.465 e. The fourth-order valence-corrected chi connectivity index (χ4v) is 2.08. The molecule has 1 unspecified atom stereocenters. The van der Waals surface area contributed by atoms with Gasteiger partial charge in [-0.2, -0.15) is 0 Å². The lowest BCUT2D eigenvalue weighted by atomic mass is 9.97. The summed E-state index contributed by atoms with van der Waals surface area (Å²) in [5.74, 6) is 0.504. The van der Waals surface area contributed by atoms with E-state index >= 15 is 0 Å². The molecular weight excluding hydrogens is 240 g/mol. The van der Waals surface area contributed by atoms with Crippen LogP contribution >= 0.6 is 0 Å². The van der Waals surface area contributed by atoms with Crippen molar-refractivity contribution in [2.45, 2.75) is 53.0 Å². The first-order chi connectivity index (χ1) is 8.85. The molecule has 0 rings (SSSR count). The van der Waals surface area contributed by atoms with Crippen molar-refractivity contribution in [2.75, 3.05) is 33.3 Å². The Morgan fingerprint density at radius 3 is 2.47 bits per heavy atom. The van der Waals surface area contributed by atoms with Crippen molar-refractivity contribution in [3.05, 3.63) is 0 Å². The molecule has 19 heavy (non-hydrogen) atoms. The number of nitrogens with zero attached hydrogens (tertiary/aromatic N) is 1. The predicted octanol–water partition coefficient (Wildman–Crippen LogP) is 2.29. The first kappa shape index (κ1) is 18.4. The van der Waals surface area contributed by atoms with Crippen molar-refractivity contribution in [3.63, 3.8) is 0 Å². The molecule has 0 heterocycles. The first-order valence-corrected chi connectivity index (χ1v) is 7.46. The van der Waals surface area contributed by atoms with E-state index in [4.69, 9.17) is 4.74 Å². The Morgan fingerprint density at radius 1 is 1.37 bits per heavy atom. The highest BCUT2D eigenvalue weighted by atomic mass is 16.5. The van der Waals surface area contributed by atoms with E-state index in [1.54, 1.807) is 0 Å². The molecule has 0 aromatic carbocycles. The van der Waals surface area contributed by atoms with Crippen LogP contribution in [0.4, 0.5) is 0 Å². The average molecular weight is 272 g/mol. The molecule has 0 saturated heterocycles. The molecule has 0 saturated carbocycles. The van der Waals surface area contributed by atoms with Crippen LogP contribution in [0.3, 0.4) is 0 Å². The van der Waals surface area contributed by atoms with Crippen molar-refractivity contribution in [3.8, 4) is 0 Å². The normalized spacial score (nSPS) is 14.7. The predicted molar refractivity (Wildman–Crippen MR) is 80.3 cm³/mol. The van der Waals surface area contributed by atoms with Gasteiger partial charge in [0.2, 0.25) is 0 Å². The molecule has 114 valence electrons. The minimum Gasteiger partial charge on any atom is -0.465 e. The molecule has 0 aromatic heterocycles. The lowest BCUT2D eigenvalue weighted by Crippen LogP contribution is -2.52. The van der Waals surface area contributed by atoms with Crippen LogP contribution in [0.15, 0.2) is 0 Å². The van der Waals surface area contributed by atoms with Crippen LogP contribution in [0.5, 0.6) is 0 Å². The number of hydrogen-bond acceptors (Lipinski definition) is 4. The van der Waals surface area contributed by atoms with Gasteiger partial charge in [-0.25, -0.2) is 0 Å². The Hall–Kier alpha value is -0.610. The van der Waals surface area contributed by atoms with Crippen LogP contribution in [-0.2, 0) is 9.53 Å². The SMILES string of the molecule is CCCNC(C)(CCN(C)CC(C)C)C(=O)OCC. The van der Waals surface area contributed by atoms with E-state index in [1.165, 1.54) is 0 Å². The number of hydrogen-bond donors (Lipinski definition) is 1. The number of rotatable bonds is 10. The third-order valence-corrected chi connectivity index (χ3v) is 3.16. The number of nitrogens with one attached hydrogen (secondary N) is 1. The summed E-state index contributed by atoms with van der Waals surface area (Å²) >= 11 is 0. The molecule has 0 amide bonds. The number of ether oxygens (including phenoxy) is 1. The summed E-state index contributed by atoms with van der Waals surface area (Å²) in [6.45, 7) is 13.5. The standard InChI is InChI=1S/C15H32N2O2/c1-7-10-16-15(5,14(18)19-8-2)9-11-17(6)12-13(3)4/h13,16H,7-12H2,1-6H3. The number of carbonyl (C=O) groups is 1. The fraction of sp³-hybridized carbons (Fsp3) is 0.933. The van der Waals surface area contributed by atoms with Crippen LogP contribution < -0.4 is 5.32 Å². The second-order valence-electron chi connectivity index (χ2n) is 5.89. The minimum absolute atomic E-state index is 0.138. The van der Waals surface area contributed by atoms with Crippen LogP contribution in [-0.4, -0.2) is 49.7 Å². The van der Waals surface area contributed by atoms with E-state index in [1.807, 2.05) is 13.8 Å². The Labute approximate surface area is 118 Å². The fourth-order valence-electron chi connectivity index (χ4n) is 2.08. The Balaban J connectivity index is 4.45. The van der Waals surface area contributed by atoms with Gasteiger partial charge >= 0.3 is 5.97 Å². The first-order valence-electron chi connectivity index (χ1n) is 7.46. The molecule has 0 fully saturated rings. The summed E-state index contributed by atoms with van der Waals surface area (Å²) < 4.78 is 5.20. The molecule has 0 bridgehead atoms. The smallest absolute Gasteiger partial charge is 0.326 e. The summed E-state index contributed by atoms with van der Waals surface area (Å²) in [6, 6.07) is 0. The monoisotopic (exact) mass is 272 g/mol. The lowest BCUT2D eigenvalue weighted by Gasteiger charge is -2.31. The van der Waals surface area contributed by atoms with E-state index in [9.17, 15) is 4.79 Å². The summed E-state index contributed by atoms with van der Waals surface area (Å²) in [5, 5.41) is 3.34. The minimum atomic E-state index is -0.572. The van der Waals surface area contributed by atoms with Gasteiger partial charge < -0.3 is 15.0 Å². The highest BCUT2D eigenvalue weighted by Gasteiger charge is 2.33. The van der Waals surface area contributed by atoms with E-state index < -0.39 is 5.54 Å². The summed E-state index contributed by atoms with van der Waals surface area (Å²) in [7, 11) is 2.10. The average Bonchev–Trinajstić information content (AvgIpc) is 2.33. The molecule has 0 aliphatic rings. The van der Waals surface area contributed by atoms with Crippen LogP contribution in [0.2, 0.25) is 0 Å². The van der Waals surface area contributed by atoms with E-state index in [-0.39, 0.29) is 5.97 Å². The van der Waals surface area contributed by atoms with Crippen LogP contribution in [0.25, 0.3) is 0 Å². The molecule has 4 heteroatoms. The molecule has 0 spiro atoms. The molecule has 1 atom stereocenters. The van der Waals surface area contributed by atoms with E-state index in [0.717, 1.165) is 32.5 Å². The second kappa shape index (κ2) is 9.32. The van der Waals surface area contributed by atoms with Crippen molar-refractivity contribution >= 4 is 5.97 Å². The van der Waals surface area contributed by atoms with E-state index in [2.05, 4.69) is 38.0 Å². The molecule has 0 aliphatic heterocycles. The lowest BCUT2D eigenvalue weighted by molar-refractivity contribution is -0.151. The van der Waals surface area contributed by atoms with Crippen molar-refractivity contribution < 1.29 is 9.53 Å². The summed E-state index contributed by atoms with van der Waals surface area (Å²) in [6.07, 6.45) is 1.78. The Kier molecular flexibility index (Phi) is 9.02. The van der Waals surface area contributed by atoms with Crippen molar-refractivity contribution in [1.82, 2.24) is 10.2 Å². The summed E-state index contributed by atoms with van der Waals surface area (Å²) in [5.41, 5.74) is -0.572. The second-order valence-corrected chi connectivity index (χ2v) is 5.89. The Bertz CT molecular complexity index is 257. The maximum Gasteiger partial charge on any atom is 0.326 e. The van der Waals surface area contributed by atoms with Crippen LogP contribution in [0, 0.1) is 5.92 Å². The van der Waals surface area contributed by atoms with Gasteiger partial charge in [-0.1, -0.05) is 20.8 Å². The molecule has 0 aliphatic carbocycles. The van der Waals surface area contributed by atoms with Gasteiger partial charge in [-0.05, 0) is 46.2 Å². The number of esters is 1. The topological polar surface area (TPSA) is 41.6 Å². The van der Waals surface area contributed by atoms with Gasteiger partial charge in [0, 0.05) is 13.1 Å². The summed E-state index contributed by atoms with van der Waals surface area (Å²) in [4.78, 5) is 14.4. The van der Waals surface area contributed by atoms with Crippen molar-refractivity contribution in [1.29, 1.82) is 0 Å². The molecule has 4 nitrogen and oxygen atoms in total.